The van der Waals surface area contributed by atoms with Crippen molar-refractivity contribution in [1.82, 2.24) is 10.2 Å². The first-order valence-corrected chi connectivity index (χ1v) is 11.3. The Morgan fingerprint density at radius 1 is 1.23 bits per heavy atom. The van der Waals surface area contributed by atoms with E-state index in [4.69, 9.17) is 4.42 Å². The largest absolute Gasteiger partial charge is 0.459 e. The molecule has 8 heteroatoms. The number of halogens is 1. The highest BCUT2D eigenvalue weighted by atomic mass is 32.2. The summed E-state index contributed by atoms with van der Waals surface area (Å²) in [7, 11) is -2.10. The summed E-state index contributed by atoms with van der Waals surface area (Å²) in [4.78, 5) is 13.1. The van der Waals surface area contributed by atoms with Gasteiger partial charge in [0.15, 0.2) is 0 Å². The van der Waals surface area contributed by atoms with E-state index in [2.05, 4.69) is 5.32 Å². The van der Waals surface area contributed by atoms with Crippen LogP contribution in [0, 0.1) is 5.82 Å². The predicted molar refractivity (Wildman–Crippen MR) is 110 cm³/mol. The predicted octanol–water partition coefficient (Wildman–Crippen LogP) is 3.46. The standard InChI is InChI=1S/C22H23FN2O4S/c1-14(26)25(2)11-9-20-22-19(8-10-24-20)18-7-6-17(13-21(18)29-22)30(27,28)16-5-3-4-15(23)12-16/h3-7,12-13,20,24H,8-11H2,1-2H3. The van der Waals surface area contributed by atoms with E-state index in [0.29, 0.717) is 18.5 Å². The molecule has 2 heterocycles. The van der Waals surface area contributed by atoms with Crippen LogP contribution in [0.5, 0.6) is 0 Å². The average Bonchev–Trinajstić information content (AvgIpc) is 3.10. The van der Waals surface area contributed by atoms with Gasteiger partial charge < -0.3 is 14.6 Å². The molecule has 1 aliphatic rings. The van der Waals surface area contributed by atoms with Crippen LogP contribution in [0.2, 0.25) is 0 Å². The monoisotopic (exact) mass is 430 g/mol. The molecule has 0 radical (unpaired) electrons. The molecule has 4 rings (SSSR count). The molecule has 0 saturated carbocycles. The summed E-state index contributed by atoms with van der Waals surface area (Å²) in [6.45, 7) is 2.89. The van der Waals surface area contributed by atoms with Gasteiger partial charge in [-0.1, -0.05) is 6.07 Å². The summed E-state index contributed by atoms with van der Waals surface area (Å²) in [6, 6.07) is 9.73. The number of fused-ring (bicyclic) bond motifs is 3. The number of hydrogen-bond acceptors (Lipinski definition) is 5. The van der Waals surface area contributed by atoms with E-state index < -0.39 is 15.7 Å². The van der Waals surface area contributed by atoms with Gasteiger partial charge in [-0.2, -0.15) is 0 Å². The minimum Gasteiger partial charge on any atom is -0.459 e. The van der Waals surface area contributed by atoms with Crippen LogP contribution in [0.3, 0.4) is 0 Å². The molecule has 1 amide bonds. The summed E-state index contributed by atoms with van der Waals surface area (Å²) >= 11 is 0. The Balaban J connectivity index is 1.69. The molecular formula is C22H23FN2O4S. The number of amides is 1. The highest BCUT2D eigenvalue weighted by Crippen LogP contribution is 2.36. The molecule has 1 aromatic heterocycles. The summed E-state index contributed by atoms with van der Waals surface area (Å²) in [5.41, 5.74) is 1.56. The zero-order valence-electron chi connectivity index (χ0n) is 16.8. The second kappa shape index (κ2) is 7.85. The van der Waals surface area contributed by atoms with Gasteiger partial charge in [-0.3, -0.25) is 4.79 Å². The van der Waals surface area contributed by atoms with Crippen LogP contribution in [0.4, 0.5) is 4.39 Å². The lowest BCUT2D eigenvalue weighted by atomic mass is 9.97. The Labute approximate surface area is 174 Å². The number of sulfone groups is 1. The van der Waals surface area contributed by atoms with Crippen LogP contribution in [-0.2, 0) is 21.1 Å². The van der Waals surface area contributed by atoms with Gasteiger partial charge in [0.05, 0.1) is 15.8 Å². The van der Waals surface area contributed by atoms with E-state index in [1.165, 1.54) is 31.2 Å². The van der Waals surface area contributed by atoms with Crippen molar-refractivity contribution in [3.63, 3.8) is 0 Å². The maximum atomic E-state index is 13.5. The maximum Gasteiger partial charge on any atom is 0.219 e. The van der Waals surface area contributed by atoms with Gasteiger partial charge in [-0.15, -0.1) is 0 Å². The van der Waals surface area contributed by atoms with Crippen molar-refractivity contribution in [3.05, 3.63) is 59.6 Å². The molecular weight excluding hydrogens is 407 g/mol. The summed E-state index contributed by atoms with van der Waals surface area (Å²) in [5.74, 6) is 0.186. The van der Waals surface area contributed by atoms with Crippen molar-refractivity contribution < 1.29 is 22.0 Å². The van der Waals surface area contributed by atoms with Crippen molar-refractivity contribution in [2.75, 3.05) is 20.1 Å². The second-order valence-electron chi connectivity index (χ2n) is 7.55. The lowest BCUT2D eigenvalue weighted by molar-refractivity contribution is -0.127. The van der Waals surface area contributed by atoms with Gasteiger partial charge in [-0.25, -0.2) is 12.8 Å². The number of carbonyl (C=O) groups excluding carboxylic acids is 1. The van der Waals surface area contributed by atoms with Gasteiger partial charge in [-0.05, 0) is 43.2 Å². The number of benzene rings is 2. The number of nitrogens with zero attached hydrogens (tertiary/aromatic N) is 1. The Morgan fingerprint density at radius 2 is 2.00 bits per heavy atom. The molecule has 1 aliphatic heterocycles. The van der Waals surface area contributed by atoms with Crippen LogP contribution >= 0.6 is 0 Å². The first kappa shape index (κ1) is 20.6. The number of carbonyl (C=O) groups is 1. The molecule has 6 nitrogen and oxygen atoms in total. The van der Waals surface area contributed by atoms with Crippen LogP contribution in [0.15, 0.2) is 56.7 Å². The number of hydrogen-bond donors (Lipinski definition) is 1. The van der Waals surface area contributed by atoms with E-state index in [9.17, 15) is 17.6 Å². The minimum atomic E-state index is -3.86. The molecule has 3 aromatic rings. The SMILES string of the molecule is CC(=O)N(C)CCC1NCCc2c1oc1cc(S(=O)(=O)c3cccc(F)c3)ccc21. The topological polar surface area (TPSA) is 79.6 Å². The van der Waals surface area contributed by atoms with Crippen LogP contribution in [0.1, 0.15) is 30.7 Å². The van der Waals surface area contributed by atoms with Crippen molar-refractivity contribution in [3.8, 4) is 0 Å². The third kappa shape index (κ3) is 3.73. The third-order valence-electron chi connectivity index (χ3n) is 5.59. The Hall–Kier alpha value is -2.71. The first-order valence-electron chi connectivity index (χ1n) is 9.78. The number of rotatable bonds is 5. The Morgan fingerprint density at radius 3 is 2.73 bits per heavy atom. The normalized spacial score (nSPS) is 16.4. The highest BCUT2D eigenvalue weighted by molar-refractivity contribution is 7.91. The molecule has 1 unspecified atom stereocenters. The fraction of sp³-hybridized carbons (Fsp3) is 0.318. The van der Waals surface area contributed by atoms with Gasteiger partial charge in [0.1, 0.15) is 17.2 Å². The number of furan rings is 1. The zero-order chi connectivity index (χ0) is 21.5. The molecule has 1 atom stereocenters. The molecule has 30 heavy (non-hydrogen) atoms. The average molecular weight is 431 g/mol. The van der Waals surface area contributed by atoms with Crippen LogP contribution in [0.25, 0.3) is 11.0 Å². The smallest absolute Gasteiger partial charge is 0.219 e. The lowest BCUT2D eigenvalue weighted by Gasteiger charge is -2.25. The van der Waals surface area contributed by atoms with Crippen molar-refractivity contribution in [2.24, 2.45) is 0 Å². The molecule has 1 N–H and O–H groups in total. The van der Waals surface area contributed by atoms with Gasteiger partial charge >= 0.3 is 0 Å². The second-order valence-corrected chi connectivity index (χ2v) is 9.50. The van der Waals surface area contributed by atoms with Crippen LogP contribution in [-0.4, -0.2) is 39.4 Å². The summed E-state index contributed by atoms with van der Waals surface area (Å²) < 4.78 is 45.5. The highest BCUT2D eigenvalue weighted by Gasteiger charge is 2.28. The Bertz CT molecular complexity index is 1220. The fourth-order valence-corrected chi connectivity index (χ4v) is 5.11. The summed E-state index contributed by atoms with van der Waals surface area (Å²) in [5, 5.41) is 4.30. The molecule has 0 spiro atoms. The fourth-order valence-electron chi connectivity index (χ4n) is 3.80. The van der Waals surface area contributed by atoms with Crippen molar-refractivity contribution in [2.45, 2.75) is 35.6 Å². The van der Waals surface area contributed by atoms with E-state index in [1.807, 2.05) is 0 Å². The van der Waals surface area contributed by atoms with Gasteiger partial charge in [0, 0.05) is 44.1 Å². The van der Waals surface area contributed by atoms with E-state index in [-0.39, 0.29) is 21.7 Å². The lowest BCUT2D eigenvalue weighted by Crippen LogP contribution is -2.33. The zero-order valence-corrected chi connectivity index (χ0v) is 17.6. The van der Waals surface area contributed by atoms with E-state index in [0.717, 1.165) is 35.7 Å². The van der Waals surface area contributed by atoms with Crippen molar-refractivity contribution >= 4 is 26.7 Å². The van der Waals surface area contributed by atoms with E-state index in [1.54, 1.807) is 24.1 Å². The first-order chi connectivity index (χ1) is 14.3. The van der Waals surface area contributed by atoms with Crippen LogP contribution < -0.4 is 5.32 Å². The molecule has 0 fully saturated rings. The maximum absolute atomic E-state index is 13.5. The molecule has 158 valence electrons. The summed E-state index contributed by atoms with van der Waals surface area (Å²) in [6.07, 6.45) is 1.47. The quantitative estimate of drug-likeness (QED) is 0.671. The van der Waals surface area contributed by atoms with E-state index >= 15 is 0 Å². The molecule has 0 aliphatic carbocycles. The Kier molecular flexibility index (Phi) is 5.38. The van der Waals surface area contributed by atoms with Gasteiger partial charge in [0.25, 0.3) is 0 Å². The third-order valence-corrected chi connectivity index (χ3v) is 7.33. The molecule has 0 bridgehead atoms. The van der Waals surface area contributed by atoms with Crippen molar-refractivity contribution in [1.29, 1.82) is 0 Å². The molecule has 2 aromatic carbocycles. The minimum absolute atomic E-state index is 0.00263. The number of nitrogens with one attached hydrogen (secondary N) is 1. The van der Waals surface area contributed by atoms with Gasteiger partial charge in [0.2, 0.25) is 15.7 Å². The molecule has 0 saturated heterocycles.